The number of H-pyrrole nitrogens is 1. The van der Waals surface area contributed by atoms with Gasteiger partial charge in [-0.05, 0) is 25.1 Å². The number of esters is 1. The fraction of sp³-hybridized carbons (Fsp3) is 0.111. The SMILES string of the molecule is COC(=O)c1cccc(Sc2cc3nccn3c(Nc3cc(C)[nH]n3)n2)c1. The first-order valence-corrected chi connectivity index (χ1v) is 8.93. The molecule has 3 heterocycles. The Labute approximate surface area is 159 Å². The fourth-order valence-corrected chi connectivity index (χ4v) is 3.43. The number of benzene rings is 1. The average molecular weight is 380 g/mol. The van der Waals surface area contributed by atoms with Gasteiger partial charge in [0.1, 0.15) is 10.7 Å². The number of ether oxygens (including phenoxy) is 1. The van der Waals surface area contributed by atoms with Gasteiger partial charge in [0.25, 0.3) is 0 Å². The maximum absolute atomic E-state index is 11.7. The Bertz CT molecular complexity index is 1120. The first-order valence-electron chi connectivity index (χ1n) is 8.12. The van der Waals surface area contributed by atoms with Gasteiger partial charge >= 0.3 is 5.97 Å². The molecular weight excluding hydrogens is 364 g/mol. The molecule has 0 radical (unpaired) electrons. The number of aryl methyl sites for hydroxylation is 1. The van der Waals surface area contributed by atoms with Gasteiger partial charge in [0.05, 0.1) is 12.7 Å². The van der Waals surface area contributed by atoms with E-state index in [0.717, 1.165) is 21.3 Å². The van der Waals surface area contributed by atoms with Gasteiger partial charge in [-0.1, -0.05) is 17.8 Å². The van der Waals surface area contributed by atoms with Crippen LogP contribution in [0.5, 0.6) is 0 Å². The minimum atomic E-state index is -0.370. The molecule has 0 aliphatic carbocycles. The molecule has 2 N–H and O–H groups in total. The number of carbonyl (C=O) groups excluding carboxylic acids is 1. The van der Waals surface area contributed by atoms with Gasteiger partial charge in [-0.25, -0.2) is 14.8 Å². The summed E-state index contributed by atoms with van der Waals surface area (Å²) in [6, 6.07) is 11.0. The van der Waals surface area contributed by atoms with Crippen molar-refractivity contribution in [1.29, 1.82) is 0 Å². The Morgan fingerprint density at radius 2 is 2.19 bits per heavy atom. The van der Waals surface area contributed by atoms with Crippen LogP contribution in [0.1, 0.15) is 16.1 Å². The topological polar surface area (TPSA) is 97.2 Å². The molecule has 0 bridgehead atoms. The maximum atomic E-state index is 11.7. The second kappa shape index (κ2) is 7.12. The molecule has 0 spiro atoms. The van der Waals surface area contributed by atoms with Gasteiger partial charge in [-0.2, -0.15) is 5.10 Å². The van der Waals surface area contributed by atoms with Crippen molar-refractivity contribution in [2.45, 2.75) is 16.8 Å². The Morgan fingerprint density at radius 1 is 1.30 bits per heavy atom. The number of aromatic nitrogens is 5. The third kappa shape index (κ3) is 3.63. The van der Waals surface area contributed by atoms with Crippen molar-refractivity contribution in [3.05, 3.63) is 60.0 Å². The highest BCUT2D eigenvalue weighted by Gasteiger charge is 2.11. The number of hydrogen-bond acceptors (Lipinski definition) is 7. The van der Waals surface area contributed by atoms with Crippen molar-refractivity contribution in [3.63, 3.8) is 0 Å². The molecule has 0 amide bonds. The Hall–Kier alpha value is -3.33. The predicted molar refractivity (Wildman–Crippen MR) is 101 cm³/mol. The monoisotopic (exact) mass is 380 g/mol. The minimum absolute atomic E-state index is 0.370. The predicted octanol–water partition coefficient (Wildman–Crippen LogP) is 3.44. The van der Waals surface area contributed by atoms with Crippen molar-refractivity contribution < 1.29 is 9.53 Å². The number of methoxy groups -OCH3 is 1. The minimum Gasteiger partial charge on any atom is -0.465 e. The molecule has 0 unspecified atom stereocenters. The third-order valence-electron chi connectivity index (χ3n) is 3.79. The van der Waals surface area contributed by atoms with Crippen LogP contribution in [0.3, 0.4) is 0 Å². The van der Waals surface area contributed by atoms with Gasteiger partial charge in [0, 0.05) is 35.1 Å². The first-order chi connectivity index (χ1) is 13.1. The van der Waals surface area contributed by atoms with Gasteiger partial charge in [-0.3, -0.25) is 9.50 Å². The van der Waals surface area contributed by atoms with Crippen LogP contribution in [0.15, 0.2) is 58.7 Å². The zero-order valence-electron chi connectivity index (χ0n) is 14.6. The number of aromatic amines is 1. The largest absolute Gasteiger partial charge is 0.465 e. The van der Waals surface area contributed by atoms with E-state index in [-0.39, 0.29) is 5.97 Å². The molecule has 3 aromatic heterocycles. The number of nitrogens with zero attached hydrogens (tertiary/aromatic N) is 4. The molecule has 0 aliphatic rings. The van der Waals surface area contributed by atoms with Crippen molar-refractivity contribution >= 4 is 35.1 Å². The van der Waals surface area contributed by atoms with Crippen LogP contribution in [0.4, 0.5) is 11.8 Å². The van der Waals surface area contributed by atoms with Gasteiger partial charge in [0.2, 0.25) is 5.95 Å². The zero-order chi connectivity index (χ0) is 18.8. The first kappa shape index (κ1) is 17.1. The fourth-order valence-electron chi connectivity index (χ4n) is 2.56. The zero-order valence-corrected chi connectivity index (χ0v) is 15.4. The number of anilines is 2. The molecule has 8 nitrogen and oxygen atoms in total. The van der Waals surface area contributed by atoms with E-state index >= 15 is 0 Å². The molecule has 0 aliphatic heterocycles. The number of rotatable bonds is 5. The second-order valence-corrected chi connectivity index (χ2v) is 6.85. The molecule has 136 valence electrons. The van der Waals surface area contributed by atoms with Gasteiger partial charge < -0.3 is 10.1 Å². The number of hydrogen-bond donors (Lipinski definition) is 2. The van der Waals surface area contributed by atoms with E-state index in [9.17, 15) is 4.79 Å². The van der Waals surface area contributed by atoms with Crippen molar-refractivity contribution in [2.24, 2.45) is 0 Å². The summed E-state index contributed by atoms with van der Waals surface area (Å²) in [5, 5.41) is 11.0. The van der Waals surface area contributed by atoms with E-state index in [1.165, 1.54) is 18.9 Å². The van der Waals surface area contributed by atoms with E-state index in [1.54, 1.807) is 18.3 Å². The lowest BCUT2D eigenvalue weighted by molar-refractivity contribution is 0.0600. The Balaban J connectivity index is 1.67. The van der Waals surface area contributed by atoms with Crippen LogP contribution in [-0.4, -0.2) is 37.6 Å². The van der Waals surface area contributed by atoms with E-state index in [0.29, 0.717) is 17.3 Å². The highest BCUT2D eigenvalue weighted by Crippen LogP contribution is 2.29. The summed E-state index contributed by atoms with van der Waals surface area (Å²) >= 11 is 1.44. The van der Waals surface area contributed by atoms with E-state index < -0.39 is 0 Å². The molecule has 4 rings (SSSR count). The maximum Gasteiger partial charge on any atom is 0.337 e. The lowest BCUT2D eigenvalue weighted by Crippen LogP contribution is -2.02. The van der Waals surface area contributed by atoms with Crippen molar-refractivity contribution in [3.8, 4) is 0 Å². The summed E-state index contributed by atoms with van der Waals surface area (Å²) in [4.78, 5) is 21.6. The molecular formula is C18H16N6O2S. The summed E-state index contributed by atoms with van der Waals surface area (Å²) in [5.41, 5.74) is 2.20. The lowest BCUT2D eigenvalue weighted by Gasteiger charge is -2.09. The highest BCUT2D eigenvalue weighted by atomic mass is 32.2. The van der Waals surface area contributed by atoms with Crippen LogP contribution in [-0.2, 0) is 4.74 Å². The Morgan fingerprint density at radius 3 is 2.96 bits per heavy atom. The number of nitrogens with one attached hydrogen (secondary N) is 2. The van der Waals surface area contributed by atoms with Crippen LogP contribution < -0.4 is 5.32 Å². The standard InChI is InChI=1S/C18H16N6O2S/c1-11-8-14(23-22-11)20-18-21-16(10-15-19-6-7-24(15)18)27-13-5-3-4-12(9-13)17(25)26-2/h3-10H,1-2H3,(H2,20,21,22,23). The summed E-state index contributed by atoms with van der Waals surface area (Å²) in [6.07, 6.45) is 3.54. The van der Waals surface area contributed by atoms with Crippen LogP contribution in [0, 0.1) is 6.92 Å². The quantitative estimate of drug-likeness (QED) is 0.404. The summed E-state index contributed by atoms with van der Waals surface area (Å²) in [7, 11) is 1.37. The van der Waals surface area contributed by atoms with Gasteiger partial charge in [-0.15, -0.1) is 0 Å². The van der Waals surface area contributed by atoms with Crippen molar-refractivity contribution in [2.75, 3.05) is 12.4 Å². The molecule has 1 aromatic carbocycles. The van der Waals surface area contributed by atoms with Crippen molar-refractivity contribution in [1.82, 2.24) is 24.6 Å². The average Bonchev–Trinajstić information content (AvgIpc) is 3.30. The van der Waals surface area contributed by atoms with Crippen LogP contribution >= 0.6 is 11.8 Å². The van der Waals surface area contributed by atoms with E-state index in [2.05, 4.69) is 25.5 Å². The van der Waals surface area contributed by atoms with E-state index in [4.69, 9.17) is 4.74 Å². The molecule has 0 saturated carbocycles. The molecule has 0 atom stereocenters. The molecule has 9 heteroatoms. The summed E-state index contributed by atoms with van der Waals surface area (Å²) in [6.45, 7) is 1.93. The smallest absolute Gasteiger partial charge is 0.337 e. The van der Waals surface area contributed by atoms with Crippen LogP contribution in [0.2, 0.25) is 0 Å². The summed E-state index contributed by atoms with van der Waals surface area (Å²) < 4.78 is 6.63. The normalized spacial score (nSPS) is 10.9. The molecule has 0 saturated heterocycles. The third-order valence-corrected chi connectivity index (χ3v) is 4.70. The van der Waals surface area contributed by atoms with Gasteiger partial charge in [0.15, 0.2) is 5.82 Å². The highest BCUT2D eigenvalue weighted by molar-refractivity contribution is 7.99. The molecule has 0 fully saturated rings. The summed E-state index contributed by atoms with van der Waals surface area (Å²) in [5.74, 6) is 0.901. The number of carbonyl (C=O) groups is 1. The Kier molecular flexibility index (Phi) is 4.51. The lowest BCUT2D eigenvalue weighted by atomic mass is 10.2. The molecule has 4 aromatic rings. The number of imidazole rings is 1. The number of fused-ring (bicyclic) bond motifs is 1. The van der Waals surface area contributed by atoms with E-state index in [1.807, 2.05) is 41.8 Å². The second-order valence-electron chi connectivity index (χ2n) is 5.76. The molecule has 27 heavy (non-hydrogen) atoms. The van der Waals surface area contributed by atoms with Crippen LogP contribution in [0.25, 0.3) is 5.65 Å².